The number of carbonyl (C=O) groups is 1. The molecule has 0 spiro atoms. The summed E-state index contributed by atoms with van der Waals surface area (Å²) in [6.07, 6.45) is 2.38. The fourth-order valence-electron chi connectivity index (χ4n) is 1.88. The molecule has 4 heteroatoms. The van der Waals surface area contributed by atoms with Crippen molar-refractivity contribution >= 4 is 5.97 Å². The average molecular weight is 237 g/mol. The lowest BCUT2D eigenvalue weighted by molar-refractivity contribution is -0.152. The van der Waals surface area contributed by atoms with Gasteiger partial charge in [-0.3, -0.25) is 9.78 Å². The second-order valence-electron chi connectivity index (χ2n) is 4.47. The van der Waals surface area contributed by atoms with Gasteiger partial charge in [0.2, 0.25) is 0 Å². The molecule has 0 saturated heterocycles. The minimum atomic E-state index is -0.879. The van der Waals surface area contributed by atoms with Crippen molar-refractivity contribution in [2.45, 2.75) is 26.9 Å². The Kier molecular flexibility index (Phi) is 4.63. The Bertz CT molecular complexity index is 390. The van der Waals surface area contributed by atoms with Crippen LogP contribution in [0, 0.1) is 18.8 Å². The van der Waals surface area contributed by atoms with Crippen molar-refractivity contribution in [2.24, 2.45) is 11.8 Å². The topological polar surface area (TPSA) is 59.4 Å². The summed E-state index contributed by atoms with van der Waals surface area (Å²) in [4.78, 5) is 15.7. The number of aliphatic hydroxyl groups excluding tert-OH is 1. The smallest absolute Gasteiger partial charge is 0.311 e. The molecule has 0 aliphatic heterocycles. The second-order valence-corrected chi connectivity index (χ2v) is 4.47. The lowest BCUT2D eigenvalue weighted by Gasteiger charge is -2.24. The van der Waals surface area contributed by atoms with Gasteiger partial charge in [-0.25, -0.2) is 0 Å². The average Bonchev–Trinajstić information content (AvgIpc) is 2.28. The first-order chi connectivity index (χ1) is 7.99. The maximum atomic E-state index is 11.7. The number of methoxy groups -OCH3 is 1. The van der Waals surface area contributed by atoms with E-state index in [1.165, 1.54) is 7.11 Å². The SMILES string of the molecule is COC(=O)C(C(C)C)C(O)c1cnccc1C. The van der Waals surface area contributed by atoms with E-state index in [2.05, 4.69) is 4.98 Å². The summed E-state index contributed by atoms with van der Waals surface area (Å²) in [6, 6.07) is 1.81. The number of aromatic nitrogens is 1. The quantitative estimate of drug-likeness (QED) is 0.812. The summed E-state index contributed by atoms with van der Waals surface area (Å²) in [7, 11) is 1.33. The zero-order chi connectivity index (χ0) is 13.0. The van der Waals surface area contributed by atoms with E-state index in [4.69, 9.17) is 4.74 Å². The molecule has 0 bridgehead atoms. The minimum Gasteiger partial charge on any atom is -0.469 e. The number of carbonyl (C=O) groups excluding carboxylic acids is 1. The molecule has 0 amide bonds. The van der Waals surface area contributed by atoms with Gasteiger partial charge >= 0.3 is 5.97 Å². The number of nitrogens with zero attached hydrogens (tertiary/aromatic N) is 1. The molecule has 0 saturated carbocycles. The molecule has 0 aliphatic rings. The van der Waals surface area contributed by atoms with E-state index in [1.807, 2.05) is 26.8 Å². The molecule has 2 unspecified atom stereocenters. The third-order valence-corrected chi connectivity index (χ3v) is 2.93. The van der Waals surface area contributed by atoms with E-state index in [0.717, 1.165) is 5.56 Å². The van der Waals surface area contributed by atoms with Crippen LogP contribution >= 0.6 is 0 Å². The maximum Gasteiger partial charge on any atom is 0.311 e. The van der Waals surface area contributed by atoms with Gasteiger partial charge in [0.25, 0.3) is 0 Å². The molecule has 0 radical (unpaired) electrons. The summed E-state index contributed by atoms with van der Waals surface area (Å²) in [6.45, 7) is 5.65. The number of pyridine rings is 1. The van der Waals surface area contributed by atoms with Gasteiger partial charge in [0.1, 0.15) is 0 Å². The number of rotatable bonds is 4. The predicted octanol–water partition coefficient (Wildman–Crippen LogP) is 1.87. The van der Waals surface area contributed by atoms with E-state index >= 15 is 0 Å². The fourth-order valence-corrected chi connectivity index (χ4v) is 1.88. The Morgan fingerprint density at radius 3 is 2.59 bits per heavy atom. The van der Waals surface area contributed by atoms with Gasteiger partial charge in [-0.1, -0.05) is 13.8 Å². The number of esters is 1. The monoisotopic (exact) mass is 237 g/mol. The molecule has 94 valence electrons. The fraction of sp³-hybridized carbons (Fsp3) is 0.538. The van der Waals surface area contributed by atoms with Crippen LogP contribution < -0.4 is 0 Å². The Morgan fingerprint density at radius 2 is 2.12 bits per heavy atom. The van der Waals surface area contributed by atoms with Crippen LogP contribution in [0.3, 0.4) is 0 Å². The van der Waals surface area contributed by atoms with Crippen LogP contribution in [0.25, 0.3) is 0 Å². The number of hydrogen-bond donors (Lipinski definition) is 1. The highest BCUT2D eigenvalue weighted by atomic mass is 16.5. The maximum absolute atomic E-state index is 11.7. The summed E-state index contributed by atoms with van der Waals surface area (Å²) >= 11 is 0. The van der Waals surface area contributed by atoms with Gasteiger partial charge in [-0.15, -0.1) is 0 Å². The molecular weight excluding hydrogens is 218 g/mol. The number of aryl methyl sites for hydroxylation is 1. The predicted molar refractivity (Wildman–Crippen MR) is 64.3 cm³/mol. The molecular formula is C13H19NO3. The molecule has 2 atom stereocenters. The van der Waals surface area contributed by atoms with Crippen molar-refractivity contribution in [3.05, 3.63) is 29.6 Å². The first kappa shape index (κ1) is 13.6. The molecule has 1 N–H and O–H groups in total. The Morgan fingerprint density at radius 1 is 1.47 bits per heavy atom. The Balaban J connectivity index is 3.04. The number of hydrogen-bond acceptors (Lipinski definition) is 4. The summed E-state index contributed by atoms with van der Waals surface area (Å²) < 4.78 is 4.74. The van der Waals surface area contributed by atoms with Crippen LogP contribution in [0.1, 0.15) is 31.1 Å². The zero-order valence-electron chi connectivity index (χ0n) is 10.7. The van der Waals surface area contributed by atoms with E-state index in [1.54, 1.807) is 12.4 Å². The highest BCUT2D eigenvalue weighted by Crippen LogP contribution is 2.30. The molecule has 1 heterocycles. The first-order valence-corrected chi connectivity index (χ1v) is 5.65. The molecule has 1 aromatic rings. The van der Waals surface area contributed by atoms with Crippen LogP contribution in [0.5, 0.6) is 0 Å². The van der Waals surface area contributed by atoms with E-state index in [-0.39, 0.29) is 5.92 Å². The molecule has 0 aromatic carbocycles. The standard InChI is InChI=1S/C13H19NO3/c1-8(2)11(13(16)17-4)12(15)10-7-14-6-5-9(10)3/h5-8,11-12,15H,1-4H3. The van der Waals surface area contributed by atoms with Crippen molar-refractivity contribution in [3.63, 3.8) is 0 Å². The van der Waals surface area contributed by atoms with Crippen LogP contribution in [0.4, 0.5) is 0 Å². The van der Waals surface area contributed by atoms with E-state index in [0.29, 0.717) is 5.56 Å². The van der Waals surface area contributed by atoms with Gasteiger partial charge in [0.05, 0.1) is 19.1 Å². The second kappa shape index (κ2) is 5.77. The highest BCUT2D eigenvalue weighted by Gasteiger charge is 2.32. The molecule has 17 heavy (non-hydrogen) atoms. The van der Waals surface area contributed by atoms with Crippen molar-refractivity contribution in [1.29, 1.82) is 0 Å². The Labute approximate surface area is 102 Å². The van der Waals surface area contributed by atoms with Crippen LogP contribution in [-0.2, 0) is 9.53 Å². The summed E-state index contributed by atoms with van der Waals surface area (Å²) in [5.74, 6) is -0.962. The van der Waals surface area contributed by atoms with E-state index < -0.39 is 18.0 Å². The molecule has 1 rings (SSSR count). The highest BCUT2D eigenvalue weighted by molar-refractivity contribution is 5.73. The van der Waals surface area contributed by atoms with Crippen LogP contribution in [0.15, 0.2) is 18.5 Å². The molecule has 0 fully saturated rings. The van der Waals surface area contributed by atoms with Gasteiger partial charge in [0.15, 0.2) is 0 Å². The third-order valence-electron chi connectivity index (χ3n) is 2.93. The van der Waals surface area contributed by atoms with Gasteiger partial charge in [-0.05, 0) is 24.5 Å². The first-order valence-electron chi connectivity index (χ1n) is 5.65. The zero-order valence-corrected chi connectivity index (χ0v) is 10.7. The number of ether oxygens (including phenoxy) is 1. The van der Waals surface area contributed by atoms with Crippen molar-refractivity contribution < 1.29 is 14.6 Å². The van der Waals surface area contributed by atoms with E-state index in [9.17, 15) is 9.90 Å². The van der Waals surface area contributed by atoms with Crippen molar-refractivity contribution in [2.75, 3.05) is 7.11 Å². The third kappa shape index (κ3) is 3.03. The largest absolute Gasteiger partial charge is 0.469 e. The number of aliphatic hydroxyl groups is 1. The normalized spacial score (nSPS) is 14.5. The van der Waals surface area contributed by atoms with Crippen molar-refractivity contribution in [1.82, 2.24) is 4.98 Å². The van der Waals surface area contributed by atoms with Gasteiger partial charge in [0, 0.05) is 18.0 Å². The van der Waals surface area contributed by atoms with Gasteiger partial charge < -0.3 is 9.84 Å². The summed E-state index contributed by atoms with van der Waals surface area (Å²) in [5, 5.41) is 10.3. The molecule has 0 aliphatic carbocycles. The summed E-state index contributed by atoms with van der Waals surface area (Å²) in [5.41, 5.74) is 1.60. The molecule has 1 aromatic heterocycles. The van der Waals surface area contributed by atoms with Crippen molar-refractivity contribution in [3.8, 4) is 0 Å². The van der Waals surface area contributed by atoms with Crippen LogP contribution in [0.2, 0.25) is 0 Å². The molecule has 4 nitrogen and oxygen atoms in total. The van der Waals surface area contributed by atoms with Gasteiger partial charge in [-0.2, -0.15) is 0 Å². The lowest BCUT2D eigenvalue weighted by Crippen LogP contribution is -2.28. The lowest BCUT2D eigenvalue weighted by atomic mass is 9.86. The Hall–Kier alpha value is -1.42. The van der Waals surface area contributed by atoms with Crippen LogP contribution in [-0.4, -0.2) is 23.2 Å². The minimum absolute atomic E-state index is 0.00273.